The summed E-state index contributed by atoms with van der Waals surface area (Å²) in [5, 5.41) is 5.60. The summed E-state index contributed by atoms with van der Waals surface area (Å²) >= 11 is 1.68. The maximum absolute atomic E-state index is 5.53. The molecule has 0 aliphatic rings. The molecular formula is C16H19N3OS. The van der Waals surface area contributed by atoms with Gasteiger partial charge in [-0.2, -0.15) is 0 Å². The maximum Gasteiger partial charge on any atom is 0.194 e. The van der Waals surface area contributed by atoms with Crippen LogP contribution in [0.25, 0.3) is 4.96 Å². The molecule has 0 aliphatic carbocycles. The fraction of sp³-hybridized carbons (Fsp3) is 0.312. The van der Waals surface area contributed by atoms with Crippen LogP contribution in [0.1, 0.15) is 24.0 Å². The molecule has 0 unspecified atom stereocenters. The summed E-state index contributed by atoms with van der Waals surface area (Å²) in [6, 6.07) is 8.05. The van der Waals surface area contributed by atoms with Crippen LogP contribution >= 0.6 is 11.3 Å². The number of fused-ring (bicyclic) bond motifs is 1. The lowest BCUT2D eigenvalue weighted by molar-refractivity contribution is 0.340. The predicted octanol–water partition coefficient (Wildman–Crippen LogP) is 4.02. The van der Waals surface area contributed by atoms with Crippen molar-refractivity contribution >= 4 is 22.0 Å². The number of imidazole rings is 1. The molecule has 0 saturated carbocycles. The zero-order valence-corrected chi connectivity index (χ0v) is 13.3. The number of hydrogen-bond acceptors (Lipinski definition) is 4. The van der Waals surface area contributed by atoms with Crippen LogP contribution in [0, 0.1) is 13.8 Å². The van der Waals surface area contributed by atoms with Gasteiger partial charge in [-0.1, -0.05) is 6.07 Å². The van der Waals surface area contributed by atoms with Gasteiger partial charge in [0.15, 0.2) is 4.96 Å². The number of thiazole rings is 1. The average Bonchev–Trinajstić information content (AvgIpc) is 2.97. The van der Waals surface area contributed by atoms with Gasteiger partial charge in [0.1, 0.15) is 5.75 Å². The number of hydrogen-bond donors (Lipinski definition) is 1. The molecule has 1 aromatic carbocycles. The number of rotatable bonds is 5. The van der Waals surface area contributed by atoms with Gasteiger partial charge in [0.05, 0.1) is 24.5 Å². The van der Waals surface area contributed by atoms with Gasteiger partial charge >= 0.3 is 0 Å². The van der Waals surface area contributed by atoms with Crippen molar-refractivity contribution in [2.75, 3.05) is 11.9 Å². The Morgan fingerprint density at radius 2 is 2.19 bits per heavy atom. The Bertz CT molecular complexity index is 760. The van der Waals surface area contributed by atoms with E-state index in [1.807, 2.05) is 25.1 Å². The Balaban J connectivity index is 1.81. The first-order valence-corrected chi connectivity index (χ1v) is 7.95. The average molecular weight is 301 g/mol. The third-order valence-electron chi connectivity index (χ3n) is 3.43. The number of nitrogens with zero attached hydrogens (tertiary/aromatic N) is 2. The molecule has 5 heteroatoms. The van der Waals surface area contributed by atoms with Crippen molar-refractivity contribution in [2.45, 2.75) is 27.3 Å². The molecule has 110 valence electrons. The summed E-state index contributed by atoms with van der Waals surface area (Å²) < 4.78 is 7.75. The van der Waals surface area contributed by atoms with E-state index in [-0.39, 0.29) is 0 Å². The molecule has 2 aromatic heterocycles. The van der Waals surface area contributed by atoms with Crippen LogP contribution in [0.3, 0.4) is 0 Å². The lowest BCUT2D eigenvalue weighted by atomic mass is 10.2. The first kappa shape index (κ1) is 13.9. The molecule has 2 heterocycles. The zero-order valence-electron chi connectivity index (χ0n) is 12.5. The summed E-state index contributed by atoms with van der Waals surface area (Å²) in [7, 11) is 0. The van der Waals surface area contributed by atoms with Crippen molar-refractivity contribution in [1.82, 2.24) is 9.38 Å². The molecule has 1 N–H and O–H groups in total. The molecule has 0 fully saturated rings. The second-order valence-electron chi connectivity index (χ2n) is 4.95. The molecule has 21 heavy (non-hydrogen) atoms. The highest BCUT2D eigenvalue weighted by Crippen LogP contribution is 2.22. The summed E-state index contributed by atoms with van der Waals surface area (Å²) in [6.45, 7) is 7.60. The van der Waals surface area contributed by atoms with Crippen LogP contribution < -0.4 is 10.1 Å². The maximum atomic E-state index is 5.53. The van der Waals surface area contributed by atoms with Gasteiger partial charge in [0, 0.05) is 22.8 Å². The fourth-order valence-corrected chi connectivity index (χ4v) is 3.35. The Labute approximate surface area is 128 Å². The van der Waals surface area contributed by atoms with Gasteiger partial charge < -0.3 is 10.1 Å². The van der Waals surface area contributed by atoms with E-state index in [4.69, 9.17) is 4.74 Å². The van der Waals surface area contributed by atoms with E-state index in [0.29, 0.717) is 6.61 Å². The van der Waals surface area contributed by atoms with Crippen LogP contribution in [-0.4, -0.2) is 16.0 Å². The molecule has 0 saturated heterocycles. The summed E-state index contributed by atoms with van der Waals surface area (Å²) in [6.07, 6.45) is 0. The monoisotopic (exact) mass is 301 g/mol. The molecular weight excluding hydrogens is 282 g/mol. The van der Waals surface area contributed by atoms with Crippen molar-refractivity contribution in [2.24, 2.45) is 0 Å². The highest BCUT2D eigenvalue weighted by molar-refractivity contribution is 7.15. The highest BCUT2D eigenvalue weighted by Gasteiger charge is 2.11. The SMILES string of the molecule is CCOc1cccc(NCc2c(C)nc3scc(C)n23)c1. The van der Waals surface area contributed by atoms with Crippen LogP contribution in [0.5, 0.6) is 5.75 Å². The number of anilines is 1. The Morgan fingerprint density at radius 1 is 1.33 bits per heavy atom. The number of benzene rings is 1. The minimum Gasteiger partial charge on any atom is -0.494 e. The van der Waals surface area contributed by atoms with Gasteiger partial charge in [0.2, 0.25) is 0 Å². The van der Waals surface area contributed by atoms with Crippen LogP contribution in [0.4, 0.5) is 5.69 Å². The lowest BCUT2D eigenvalue weighted by Crippen LogP contribution is -2.05. The third-order valence-corrected chi connectivity index (χ3v) is 4.38. The largest absolute Gasteiger partial charge is 0.494 e. The van der Waals surface area contributed by atoms with E-state index in [1.54, 1.807) is 11.3 Å². The molecule has 3 aromatic rings. The van der Waals surface area contributed by atoms with Crippen molar-refractivity contribution in [1.29, 1.82) is 0 Å². The van der Waals surface area contributed by atoms with E-state index < -0.39 is 0 Å². The van der Waals surface area contributed by atoms with E-state index in [0.717, 1.165) is 28.6 Å². The second-order valence-corrected chi connectivity index (χ2v) is 5.79. The van der Waals surface area contributed by atoms with Gasteiger partial charge in [-0.05, 0) is 32.9 Å². The highest BCUT2D eigenvalue weighted by atomic mass is 32.1. The van der Waals surface area contributed by atoms with Gasteiger partial charge in [-0.15, -0.1) is 11.3 Å². The quantitative estimate of drug-likeness (QED) is 0.773. The van der Waals surface area contributed by atoms with Crippen LogP contribution in [0.15, 0.2) is 29.6 Å². The minimum absolute atomic E-state index is 0.680. The lowest BCUT2D eigenvalue weighted by Gasteiger charge is -2.09. The van der Waals surface area contributed by atoms with Gasteiger partial charge in [0.25, 0.3) is 0 Å². The van der Waals surface area contributed by atoms with Crippen molar-refractivity contribution < 1.29 is 4.74 Å². The Kier molecular flexibility index (Phi) is 3.84. The molecule has 3 rings (SSSR count). The number of nitrogens with one attached hydrogen (secondary N) is 1. The van der Waals surface area contributed by atoms with Gasteiger partial charge in [-0.25, -0.2) is 4.98 Å². The first-order valence-electron chi connectivity index (χ1n) is 7.07. The molecule has 0 amide bonds. The molecule has 0 radical (unpaired) electrons. The van der Waals surface area contributed by atoms with E-state index in [9.17, 15) is 0 Å². The fourth-order valence-electron chi connectivity index (χ4n) is 2.42. The van der Waals surface area contributed by atoms with Gasteiger partial charge in [-0.3, -0.25) is 4.40 Å². The van der Waals surface area contributed by atoms with Crippen LogP contribution in [-0.2, 0) is 6.54 Å². The smallest absolute Gasteiger partial charge is 0.194 e. The van der Waals surface area contributed by atoms with Crippen molar-refractivity contribution in [3.63, 3.8) is 0 Å². The molecule has 0 bridgehead atoms. The van der Waals surface area contributed by atoms with Crippen LogP contribution in [0.2, 0.25) is 0 Å². The van der Waals surface area contributed by atoms with Crippen molar-refractivity contribution in [3.05, 3.63) is 46.7 Å². The normalized spacial score (nSPS) is 11.0. The van der Waals surface area contributed by atoms with E-state index in [2.05, 4.69) is 40.0 Å². The predicted molar refractivity (Wildman–Crippen MR) is 87.5 cm³/mol. The van der Waals surface area contributed by atoms with E-state index >= 15 is 0 Å². The molecule has 4 nitrogen and oxygen atoms in total. The zero-order chi connectivity index (χ0) is 14.8. The van der Waals surface area contributed by atoms with Crippen molar-refractivity contribution in [3.8, 4) is 5.75 Å². The summed E-state index contributed by atoms with van der Waals surface area (Å²) in [4.78, 5) is 5.67. The third kappa shape index (κ3) is 2.74. The molecule has 0 spiro atoms. The second kappa shape index (κ2) is 5.77. The first-order chi connectivity index (χ1) is 10.2. The Hall–Kier alpha value is -2.01. The number of aryl methyl sites for hydroxylation is 2. The number of ether oxygens (including phenoxy) is 1. The summed E-state index contributed by atoms with van der Waals surface area (Å²) in [5.41, 5.74) is 4.59. The molecule has 0 atom stereocenters. The topological polar surface area (TPSA) is 38.6 Å². The summed E-state index contributed by atoms with van der Waals surface area (Å²) in [5.74, 6) is 0.893. The Morgan fingerprint density at radius 3 is 3.00 bits per heavy atom. The minimum atomic E-state index is 0.680. The molecule has 0 aliphatic heterocycles. The standard InChI is InChI=1S/C16H19N3OS/c1-4-20-14-7-5-6-13(8-14)17-9-15-12(3)18-16-19(15)11(2)10-21-16/h5-8,10,17H,4,9H2,1-3H3. The number of aromatic nitrogens is 2. The van der Waals surface area contributed by atoms with E-state index in [1.165, 1.54) is 11.4 Å².